The lowest BCUT2D eigenvalue weighted by Crippen LogP contribution is -2.07. The van der Waals surface area contributed by atoms with Crippen LogP contribution in [0, 0.1) is 5.82 Å². The van der Waals surface area contributed by atoms with Gasteiger partial charge in [-0.25, -0.2) is 9.37 Å². The third kappa shape index (κ3) is 3.21. The van der Waals surface area contributed by atoms with Gasteiger partial charge >= 0.3 is 0 Å². The number of rotatable bonds is 3. The predicted molar refractivity (Wildman–Crippen MR) is 75.4 cm³/mol. The van der Waals surface area contributed by atoms with Gasteiger partial charge in [0.2, 0.25) is 0 Å². The first-order valence-corrected chi connectivity index (χ1v) is 6.56. The molecule has 1 aromatic carbocycles. The summed E-state index contributed by atoms with van der Waals surface area (Å²) in [5, 5.41) is 3.73. The van der Waals surface area contributed by atoms with Gasteiger partial charge in [-0.3, -0.25) is 0 Å². The first kappa shape index (κ1) is 13.3. The summed E-state index contributed by atoms with van der Waals surface area (Å²) in [6.07, 6.45) is 1.66. The van der Waals surface area contributed by atoms with Crippen molar-refractivity contribution in [2.45, 2.75) is 13.0 Å². The maximum atomic E-state index is 13.0. The summed E-state index contributed by atoms with van der Waals surface area (Å²) in [7, 11) is 0. The van der Waals surface area contributed by atoms with Gasteiger partial charge in [0, 0.05) is 10.5 Å². The van der Waals surface area contributed by atoms with Crippen LogP contribution in [0.25, 0.3) is 0 Å². The number of nitrogens with one attached hydrogen (secondary N) is 1. The number of benzene rings is 1. The molecule has 94 valence electrons. The van der Waals surface area contributed by atoms with Crippen LogP contribution in [0.1, 0.15) is 18.5 Å². The van der Waals surface area contributed by atoms with E-state index in [0.717, 1.165) is 15.7 Å². The molecule has 0 spiro atoms. The Morgan fingerprint density at radius 3 is 2.72 bits per heavy atom. The molecule has 0 aliphatic rings. The van der Waals surface area contributed by atoms with E-state index in [2.05, 4.69) is 26.2 Å². The average molecular weight is 330 g/mol. The van der Waals surface area contributed by atoms with Crippen LogP contribution < -0.4 is 5.32 Å². The molecule has 2 aromatic rings. The number of aromatic nitrogens is 1. The highest BCUT2D eigenvalue weighted by atomic mass is 79.9. The molecule has 0 amide bonds. The lowest BCUT2D eigenvalue weighted by atomic mass is 10.1. The fourth-order valence-corrected chi connectivity index (χ4v) is 2.45. The molecule has 1 unspecified atom stereocenters. The molecule has 2 rings (SSSR count). The van der Waals surface area contributed by atoms with Gasteiger partial charge in [0.25, 0.3) is 0 Å². The highest BCUT2D eigenvalue weighted by Crippen LogP contribution is 2.27. The van der Waals surface area contributed by atoms with Crippen molar-refractivity contribution in [2.24, 2.45) is 0 Å². The largest absolute Gasteiger partial charge is 0.377 e. The predicted octanol–water partition coefficient (Wildman–Crippen LogP) is 4.81. The van der Waals surface area contributed by atoms with Gasteiger partial charge in [-0.05, 0) is 36.8 Å². The fraction of sp³-hybridized carbons (Fsp3) is 0.154. The molecule has 0 aliphatic carbocycles. The van der Waals surface area contributed by atoms with Gasteiger partial charge in [0.15, 0.2) is 0 Å². The van der Waals surface area contributed by atoms with Crippen LogP contribution in [0.3, 0.4) is 0 Å². The lowest BCUT2D eigenvalue weighted by Gasteiger charge is -2.17. The molecule has 18 heavy (non-hydrogen) atoms. The van der Waals surface area contributed by atoms with Crippen molar-refractivity contribution in [1.82, 2.24) is 4.98 Å². The summed E-state index contributed by atoms with van der Waals surface area (Å²) >= 11 is 9.08. The molecule has 2 nitrogen and oxygen atoms in total. The van der Waals surface area contributed by atoms with Crippen LogP contribution in [0.2, 0.25) is 5.15 Å². The Hall–Kier alpha value is -1.13. The number of hydrogen-bond acceptors (Lipinski definition) is 2. The van der Waals surface area contributed by atoms with Gasteiger partial charge in [0.05, 0.1) is 11.9 Å². The van der Waals surface area contributed by atoms with E-state index in [1.807, 2.05) is 13.0 Å². The van der Waals surface area contributed by atoms with E-state index >= 15 is 0 Å². The molecular weight excluding hydrogens is 319 g/mol. The van der Waals surface area contributed by atoms with E-state index in [1.165, 1.54) is 12.1 Å². The van der Waals surface area contributed by atoms with Crippen molar-refractivity contribution >= 4 is 33.2 Å². The molecule has 0 saturated heterocycles. The zero-order chi connectivity index (χ0) is 13.1. The van der Waals surface area contributed by atoms with E-state index in [-0.39, 0.29) is 11.9 Å². The maximum absolute atomic E-state index is 13.0. The minimum absolute atomic E-state index is 0.0305. The zero-order valence-corrected chi connectivity index (χ0v) is 12.0. The Kier molecular flexibility index (Phi) is 4.19. The molecule has 1 heterocycles. The van der Waals surface area contributed by atoms with Gasteiger partial charge in [-0.1, -0.05) is 33.6 Å². The number of hydrogen-bond donors (Lipinski definition) is 1. The highest BCUT2D eigenvalue weighted by molar-refractivity contribution is 9.10. The van der Waals surface area contributed by atoms with Crippen molar-refractivity contribution < 1.29 is 4.39 Å². The van der Waals surface area contributed by atoms with E-state index in [1.54, 1.807) is 18.3 Å². The van der Waals surface area contributed by atoms with E-state index < -0.39 is 0 Å². The van der Waals surface area contributed by atoms with Crippen molar-refractivity contribution in [3.8, 4) is 0 Å². The van der Waals surface area contributed by atoms with Crippen molar-refractivity contribution in [3.63, 3.8) is 0 Å². The van der Waals surface area contributed by atoms with Gasteiger partial charge in [-0.2, -0.15) is 0 Å². The summed E-state index contributed by atoms with van der Waals surface area (Å²) in [6.45, 7) is 1.99. The topological polar surface area (TPSA) is 24.9 Å². The second kappa shape index (κ2) is 5.67. The number of anilines is 1. The minimum atomic E-state index is -0.258. The molecule has 1 atom stereocenters. The summed E-state index contributed by atoms with van der Waals surface area (Å²) < 4.78 is 13.7. The molecule has 0 bridgehead atoms. The Morgan fingerprint density at radius 1 is 1.33 bits per heavy atom. The molecular formula is C13H11BrClFN2. The summed E-state index contributed by atoms with van der Waals surface area (Å²) in [5.41, 5.74) is 1.84. The van der Waals surface area contributed by atoms with Crippen molar-refractivity contribution in [1.29, 1.82) is 0 Å². The number of halogens is 3. The highest BCUT2D eigenvalue weighted by Gasteiger charge is 2.10. The second-order valence-corrected chi connectivity index (χ2v) is 5.14. The maximum Gasteiger partial charge on any atom is 0.129 e. The molecule has 5 heteroatoms. The third-order valence-corrected chi connectivity index (χ3v) is 3.45. The first-order chi connectivity index (χ1) is 8.56. The van der Waals surface area contributed by atoms with E-state index in [4.69, 9.17) is 11.6 Å². The van der Waals surface area contributed by atoms with Gasteiger partial charge in [0.1, 0.15) is 11.0 Å². The van der Waals surface area contributed by atoms with Crippen LogP contribution >= 0.6 is 27.5 Å². The third-order valence-electron chi connectivity index (χ3n) is 2.54. The van der Waals surface area contributed by atoms with Crippen LogP contribution in [-0.4, -0.2) is 4.98 Å². The van der Waals surface area contributed by atoms with Crippen LogP contribution in [-0.2, 0) is 0 Å². The van der Waals surface area contributed by atoms with Crippen molar-refractivity contribution in [3.05, 3.63) is 57.5 Å². The van der Waals surface area contributed by atoms with Gasteiger partial charge in [-0.15, -0.1) is 0 Å². The quantitative estimate of drug-likeness (QED) is 0.817. The van der Waals surface area contributed by atoms with Crippen LogP contribution in [0.4, 0.5) is 10.1 Å². The van der Waals surface area contributed by atoms with E-state index in [9.17, 15) is 4.39 Å². The average Bonchev–Trinajstić information content (AvgIpc) is 2.32. The Morgan fingerprint density at radius 2 is 2.11 bits per heavy atom. The molecule has 1 N–H and O–H groups in total. The van der Waals surface area contributed by atoms with Crippen LogP contribution in [0.15, 0.2) is 41.0 Å². The van der Waals surface area contributed by atoms with Crippen LogP contribution in [0.5, 0.6) is 0 Å². The SMILES string of the molecule is CC(Nc1ccc(Cl)nc1)c1ccc(F)cc1Br. The Labute approximate surface area is 118 Å². The number of nitrogens with zero attached hydrogens (tertiary/aromatic N) is 1. The summed E-state index contributed by atoms with van der Waals surface area (Å²) in [5.74, 6) is -0.258. The number of pyridine rings is 1. The molecule has 0 aliphatic heterocycles. The monoisotopic (exact) mass is 328 g/mol. The fourth-order valence-electron chi connectivity index (χ4n) is 1.64. The van der Waals surface area contributed by atoms with E-state index in [0.29, 0.717) is 5.15 Å². The molecule has 0 fully saturated rings. The smallest absolute Gasteiger partial charge is 0.129 e. The molecule has 0 radical (unpaired) electrons. The Balaban J connectivity index is 2.16. The lowest BCUT2D eigenvalue weighted by molar-refractivity contribution is 0.625. The normalized spacial score (nSPS) is 12.2. The summed E-state index contributed by atoms with van der Waals surface area (Å²) in [4.78, 5) is 3.99. The zero-order valence-electron chi connectivity index (χ0n) is 9.62. The minimum Gasteiger partial charge on any atom is -0.377 e. The molecule has 0 saturated carbocycles. The summed E-state index contributed by atoms with van der Waals surface area (Å²) in [6, 6.07) is 8.24. The second-order valence-electron chi connectivity index (χ2n) is 3.90. The van der Waals surface area contributed by atoms with Gasteiger partial charge < -0.3 is 5.32 Å². The Bertz CT molecular complexity index is 545. The standard InChI is InChI=1S/C13H11BrClFN2/c1-8(11-4-2-9(16)6-12(11)14)18-10-3-5-13(15)17-7-10/h2-8,18H,1H3. The first-order valence-electron chi connectivity index (χ1n) is 5.39. The van der Waals surface area contributed by atoms with Crippen molar-refractivity contribution in [2.75, 3.05) is 5.32 Å². The molecule has 1 aromatic heterocycles.